The van der Waals surface area contributed by atoms with Gasteiger partial charge >= 0.3 is 5.97 Å². The van der Waals surface area contributed by atoms with Gasteiger partial charge in [0, 0.05) is 36.9 Å². The molecular weight excluding hydrogens is 436 g/mol. The molecular formula is C25H28N4O5. The van der Waals surface area contributed by atoms with Gasteiger partial charge in [-0.05, 0) is 62.6 Å². The van der Waals surface area contributed by atoms with Crippen LogP contribution in [0.25, 0.3) is 5.69 Å². The first kappa shape index (κ1) is 24.6. The number of esters is 1. The van der Waals surface area contributed by atoms with E-state index in [4.69, 9.17) is 4.74 Å². The summed E-state index contributed by atoms with van der Waals surface area (Å²) in [6.45, 7) is 5.68. The summed E-state index contributed by atoms with van der Waals surface area (Å²) in [5.74, 6) is -0.462. The molecule has 0 saturated carbocycles. The number of carbonyl (C=O) groups is 2. The number of carbonyl (C=O) groups excluding carboxylic acids is 2. The lowest BCUT2D eigenvalue weighted by atomic mass is 10.1. The summed E-state index contributed by atoms with van der Waals surface area (Å²) in [6, 6.07) is 13.1. The number of nitro benzene ring substituents is 1. The van der Waals surface area contributed by atoms with Crippen molar-refractivity contribution in [3.8, 4) is 5.69 Å². The zero-order valence-corrected chi connectivity index (χ0v) is 19.9. The van der Waals surface area contributed by atoms with Gasteiger partial charge < -0.3 is 9.64 Å². The standard InChI is InChI=1S/C25H28N4O5/c1-16-23(13-14-24(30)34-5)18(3)28(26-16)21-11-9-19(10-12-21)25(31)27(4)17(2)20-7-6-8-22(15-20)29(32)33/h6-12,15,17H,13-14H2,1-5H3. The van der Waals surface area contributed by atoms with E-state index in [1.165, 1.54) is 19.2 Å². The van der Waals surface area contributed by atoms with Crippen molar-refractivity contribution in [1.29, 1.82) is 0 Å². The Kier molecular flexibility index (Phi) is 7.45. The van der Waals surface area contributed by atoms with Crippen LogP contribution in [0.4, 0.5) is 5.69 Å². The molecule has 1 unspecified atom stereocenters. The predicted octanol–water partition coefficient (Wildman–Crippen LogP) is 4.34. The maximum absolute atomic E-state index is 13.1. The average molecular weight is 465 g/mol. The van der Waals surface area contributed by atoms with Crippen molar-refractivity contribution in [2.45, 2.75) is 39.7 Å². The Balaban J connectivity index is 1.78. The first-order valence-corrected chi connectivity index (χ1v) is 10.9. The summed E-state index contributed by atoms with van der Waals surface area (Å²) < 4.78 is 6.52. The third kappa shape index (κ3) is 5.14. The van der Waals surface area contributed by atoms with Crippen LogP contribution in [0.15, 0.2) is 48.5 Å². The van der Waals surface area contributed by atoms with Crippen LogP contribution < -0.4 is 0 Å². The Bertz CT molecular complexity index is 1220. The number of amides is 1. The van der Waals surface area contributed by atoms with Crippen LogP contribution in [-0.4, -0.2) is 45.6 Å². The molecule has 0 radical (unpaired) electrons. The van der Waals surface area contributed by atoms with Crippen LogP contribution in [0.2, 0.25) is 0 Å². The number of nitro groups is 1. The van der Waals surface area contributed by atoms with E-state index < -0.39 is 4.92 Å². The molecule has 3 rings (SSSR count). The number of rotatable bonds is 8. The fraction of sp³-hybridized carbons (Fsp3) is 0.320. The highest BCUT2D eigenvalue weighted by atomic mass is 16.6. The monoisotopic (exact) mass is 464 g/mol. The highest BCUT2D eigenvalue weighted by molar-refractivity contribution is 5.94. The van der Waals surface area contributed by atoms with Gasteiger partial charge in [0.15, 0.2) is 0 Å². The molecule has 1 aromatic heterocycles. The average Bonchev–Trinajstić information content (AvgIpc) is 3.14. The summed E-state index contributed by atoms with van der Waals surface area (Å²) in [5.41, 5.74) is 4.74. The molecule has 3 aromatic rings. The Morgan fingerprint density at radius 1 is 1.18 bits per heavy atom. The molecule has 9 heteroatoms. The molecule has 0 fully saturated rings. The van der Waals surface area contributed by atoms with E-state index in [9.17, 15) is 19.7 Å². The van der Waals surface area contributed by atoms with E-state index in [2.05, 4.69) is 5.10 Å². The fourth-order valence-corrected chi connectivity index (χ4v) is 3.86. The van der Waals surface area contributed by atoms with Gasteiger partial charge in [-0.2, -0.15) is 5.10 Å². The van der Waals surface area contributed by atoms with Gasteiger partial charge in [0.25, 0.3) is 11.6 Å². The fourth-order valence-electron chi connectivity index (χ4n) is 3.86. The van der Waals surface area contributed by atoms with Gasteiger partial charge in [0.2, 0.25) is 0 Å². The lowest BCUT2D eigenvalue weighted by molar-refractivity contribution is -0.384. The number of aryl methyl sites for hydroxylation is 1. The van der Waals surface area contributed by atoms with Gasteiger partial charge in [-0.1, -0.05) is 12.1 Å². The zero-order valence-electron chi connectivity index (χ0n) is 19.9. The van der Waals surface area contributed by atoms with E-state index in [-0.39, 0.29) is 30.0 Å². The van der Waals surface area contributed by atoms with Crippen LogP contribution in [0.5, 0.6) is 0 Å². The van der Waals surface area contributed by atoms with Crippen molar-refractivity contribution in [3.63, 3.8) is 0 Å². The Hall–Kier alpha value is -4.01. The van der Waals surface area contributed by atoms with Crippen LogP contribution in [0.3, 0.4) is 0 Å². The van der Waals surface area contributed by atoms with Gasteiger partial charge in [-0.3, -0.25) is 19.7 Å². The molecule has 0 spiro atoms. The highest BCUT2D eigenvalue weighted by Gasteiger charge is 2.21. The molecule has 0 bridgehead atoms. The summed E-state index contributed by atoms with van der Waals surface area (Å²) in [7, 11) is 3.05. The maximum atomic E-state index is 13.1. The lowest BCUT2D eigenvalue weighted by Crippen LogP contribution is -2.29. The predicted molar refractivity (Wildman–Crippen MR) is 127 cm³/mol. The second kappa shape index (κ2) is 10.3. The van der Waals surface area contributed by atoms with Gasteiger partial charge in [0.1, 0.15) is 0 Å². The van der Waals surface area contributed by atoms with Crippen LogP contribution in [0.1, 0.15) is 52.3 Å². The van der Waals surface area contributed by atoms with Gasteiger partial charge in [-0.15, -0.1) is 0 Å². The molecule has 0 saturated heterocycles. The molecule has 1 amide bonds. The topological polar surface area (TPSA) is 108 Å². The largest absolute Gasteiger partial charge is 0.469 e. The Labute approximate surface area is 198 Å². The van der Waals surface area contributed by atoms with E-state index in [0.717, 1.165) is 22.6 Å². The minimum atomic E-state index is -0.448. The molecule has 9 nitrogen and oxygen atoms in total. The van der Waals surface area contributed by atoms with Gasteiger partial charge in [0.05, 0.1) is 29.5 Å². The highest BCUT2D eigenvalue weighted by Crippen LogP contribution is 2.25. The summed E-state index contributed by atoms with van der Waals surface area (Å²) in [5, 5.41) is 15.7. The smallest absolute Gasteiger partial charge is 0.305 e. The van der Waals surface area contributed by atoms with E-state index in [1.807, 2.05) is 32.9 Å². The zero-order chi connectivity index (χ0) is 25.0. The van der Waals surface area contributed by atoms with E-state index in [1.54, 1.807) is 40.9 Å². The lowest BCUT2D eigenvalue weighted by Gasteiger charge is -2.25. The first-order chi connectivity index (χ1) is 16.1. The van der Waals surface area contributed by atoms with Crippen LogP contribution in [0, 0.1) is 24.0 Å². The third-order valence-electron chi connectivity index (χ3n) is 6.07. The number of nitrogens with zero attached hydrogens (tertiary/aromatic N) is 4. The molecule has 0 aliphatic heterocycles. The van der Waals surface area contributed by atoms with E-state index >= 15 is 0 Å². The SMILES string of the molecule is COC(=O)CCc1c(C)nn(-c2ccc(C(=O)N(C)C(C)c3cccc([N+](=O)[O-])c3)cc2)c1C. The molecule has 2 aromatic carbocycles. The quantitative estimate of drug-likeness (QED) is 0.279. The molecule has 0 aliphatic rings. The van der Waals surface area contributed by atoms with E-state index in [0.29, 0.717) is 17.5 Å². The molecule has 1 heterocycles. The second-order valence-corrected chi connectivity index (χ2v) is 8.13. The van der Waals surface area contributed by atoms with Crippen molar-refractivity contribution in [1.82, 2.24) is 14.7 Å². The number of methoxy groups -OCH3 is 1. The third-order valence-corrected chi connectivity index (χ3v) is 6.07. The van der Waals surface area contributed by atoms with Crippen molar-refractivity contribution < 1.29 is 19.2 Å². The molecule has 0 N–H and O–H groups in total. The minimum Gasteiger partial charge on any atom is -0.469 e. The Morgan fingerprint density at radius 2 is 1.85 bits per heavy atom. The minimum absolute atomic E-state index is 0.00890. The van der Waals surface area contributed by atoms with Crippen molar-refractivity contribution in [2.75, 3.05) is 14.2 Å². The van der Waals surface area contributed by atoms with Crippen LogP contribution in [-0.2, 0) is 16.0 Å². The molecule has 1 atom stereocenters. The molecule has 178 valence electrons. The normalized spacial score (nSPS) is 11.7. The summed E-state index contributed by atoms with van der Waals surface area (Å²) in [6.07, 6.45) is 0.827. The summed E-state index contributed by atoms with van der Waals surface area (Å²) >= 11 is 0. The molecule has 0 aliphatic carbocycles. The van der Waals surface area contributed by atoms with Crippen molar-refractivity contribution >= 4 is 17.6 Å². The number of hydrogen-bond acceptors (Lipinski definition) is 6. The first-order valence-electron chi connectivity index (χ1n) is 10.9. The maximum Gasteiger partial charge on any atom is 0.305 e. The van der Waals surface area contributed by atoms with Gasteiger partial charge in [-0.25, -0.2) is 4.68 Å². The number of ether oxygens (including phenoxy) is 1. The van der Waals surface area contributed by atoms with Crippen molar-refractivity contribution in [3.05, 3.63) is 86.7 Å². The number of aromatic nitrogens is 2. The number of hydrogen-bond donors (Lipinski definition) is 0. The number of benzene rings is 2. The second-order valence-electron chi connectivity index (χ2n) is 8.13. The van der Waals surface area contributed by atoms with Crippen LogP contribution >= 0.6 is 0 Å². The number of non-ortho nitro benzene ring substituents is 1. The Morgan fingerprint density at radius 3 is 2.47 bits per heavy atom. The summed E-state index contributed by atoms with van der Waals surface area (Å²) in [4.78, 5) is 36.7. The molecule has 34 heavy (non-hydrogen) atoms. The van der Waals surface area contributed by atoms with Crippen molar-refractivity contribution in [2.24, 2.45) is 0 Å².